The van der Waals surface area contributed by atoms with Crippen LogP contribution in [0.1, 0.15) is 32.2 Å². The normalized spacial score (nSPS) is 11.6. The maximum absolute atomic E-state index is 5.56. The van der Waals surface area contributed by atoms with Gasteiger partial charge in [-0.1, -0.05) is 56.3 Å². The van der Waals surface area contributed by atoms with Crippen LogP contribution < -0.4 is 5.73 Å². The number of hydrogen-bond donors (Lipinski definition) is 1. The molecule has 0 radical (unpaired) electrons. The predicted octanol–water partition coefficient (Wildman–Crippen LogP) is 3.68. The van der Waals surface area contributed by atoms with Gasteiger partial charge in [0.2, 0.25) is 5.82 Å². The van der Waals surface area contributed by atoms with Crippen LogP contribution in [0.25, 0.3) is 17.5 Å². The third-order valence-electron chi connectivity index (χ3n) is 2.62. The summed E-state index contributed by atoms with van der Waals surface area (Å²) in [5, 5.41) is 3.97. The highest BCUT2D eigenvalue weighted by atomic mass is 35.5. The van der Waals surface area contributed by atoms with Gasteiger partial charge in [0, 0.05) is 12.1 Å². The third kappa shape index (κ3) is 4.47. The molecule has 0 atom stereocenters. The Bertz CT molecular complexity index is 568. The molecule has 0 fully saturated rings. The standard InChI is InChI=1S/C15H19N3O.ClH/c1-15(2,3)9-8-13-17-14(18-19-13)12-6-4-11(10-16)5-7-12;/h4-9H,10,16H2,1-3H3;1H/b9-8+;. The van der Waals surface area contributed by atoms with Crippen molar-refractivity contribution in [2.75, 3.05) is 0 Å². The molecule has 2 rings (SSSR count). The van der Waals surface area contributed by atoms with Crippen molar-refractivity contribution < 1.29 is 4.52 Å². The fraction of sp³-hybridized carbons (Fsp3) is 0.333. The molecule has 0 aliphatic heterocycles. The van der Waals surface area contributed by atoms with Crippen molar-refractivity contribution in [3.8, 4) is 11.4 Å². The van der Waals surface area contributed by atoms with Crippen LogP contribution in [0.4, 0.5) is 0 Å². The Morgan fingerprint density at radius 2 is 1.85 bits per heavy atom. The molecule has 0 bridgehead atoms. The number of nitrogens with zero attached hydrogens (tertiary/aromatic N) is 2. The SMILES string of the molecule is CC(C)(C)/C=C/c1nc(-c2ccc(CN)cc2)no1.Cl. The molecule has 5 heteroatoms. The smallest absolute Gasteiger partial charge is 0.250 e. The van der Waals surface area contributed by atoms with Crippen LogP contribution in [0, 0.1) is 5.41 Å². The lowest BCUT2D eigenvalue weighted by atomic mass is 9.96. The van der Waals surface area contributed by atoms with Crippen molar-refractivity contribution in [1.29, 1.82) is 0 Å². The van der Waals surface area contributed by atoms with Crippen molar-refractivity contribution in [3.05, 3.63) is 41.8 Å². The monoisotopic (exact) mass is 293 g/mol. The topological polar surface area (TPSA) is 64.9 Å². The van der Waals surface area contributed by atoms with E-state index in [9.17, 15) is 0 Å². The molecule has 0 aliphatic rings. The quantitative estimate of drug-likeness (QED) is 0.937. The molecule has 1 aromatic carbocycles. The summed E-state index contributed by atoms with van der Waals surface area (Å²) in [7, 11) is 0. The summed E-state index contributed by atoms with van der Waals surface area (Å²) in [6.07, 6.45) is 3.90. The number of rotatable bonds is 3. The summed E-state index contributed by atoms with van der Waals surface area (Å²) in [6.45, 7) is 6.89. The second-order valence-corrected chi connectivity index (χ2v) is 5.56. The van der Waals surface area contributed by atoms with Gasteiger partial charge >= 0.3 is 0 Å². The van der Waals surface area contributed by atoms with E-state index >= 15 is 0 Å². The number of benzene rings is 1. The maximum Gasteiger partial charge on any atom is 0.250 e. The zero-order valence-electron chi connectivity index (χ0n) is 12.0. The molecule has 4 nitrogen and oxygen atoms in total. The lowest BCUT2D eigenvalue weighted by molar-refractivity contribution is 0.410. The van der Waals surface area contributed by atoms with Crippen molar-refractivity contribution in [2.24, 2.45) is 11.1 Å². The minimum Gasteiger partial charge on any atom is -0.334 e. The van der Waals surface area contributed by atoms with Gasteiger partial charge in [-0.05, 0) is 17.1 Å². The van der Waals surface area contributed by atoms with Gasteiger partial charge in [-0.15, -0.1) is 12.4 Å². The van der Waals surface area contributed by atoms with E-state index in [1.165, 1.54) is 0 Å². The largest absolute Gasteiger partial charge is 0.334 e. The Hall–Kier alpha value is -1.65. The van der Waals surface area contributed by atoms with Crippen molar-refractivity contribution in [1.82, 2.24) is 10.1 Å². The number of halogens is 1. The van der Waals surface area contributed by atoms with E-state index in [1.54, 1.807) is 0 Å². The Morgan fingerprint density at radius 1 is 1.20 bits per heavy atom. The van der Waals surface area contributed by atoms with Crippen molar-refractivity contribution in [2.45, 2.75) is 27.3 Å². The van der Waals surface area contributed by atoms with Gasteiger partial charge in [-0.3, -0.25) is 0 Å². The molecule has 108 valence electrons. The Balaban J connectivity index is 0.00000200. The van der Waals surface area contributed by atoms with Crippen LogP contribution in [0.2, 0.25) is 0 Å². The summed E-state index contributed by atoms with van der Waals surface area (Å²) < 4.78 is 5.20. The number of hydrogen-bond acceptors (Lipinski definition) is 4. The van der Waals surface area contributed by atoms with Crippen LogP contribution in [0.5, 0.6) is 0 Å². The number of aromatic nitrogens is 2. The van der Waals surface area contributed by atoms with Crippen LogP contribution in [-0.2, 0) is 6.54 Å². The van der Waals surface area contributed by atoms with Gasteiger partial charge in [-0.2, -0.15) is 4.98 Å². The second-order valence-electron chi connectivity index (χ2n) is 5.56. The van der Waals surface area contributed by atoms with Crippen LogP contribution in [0.3, 0.4) is 0 Å². The molecule has 1 heterocycles. The first kappa shape index (κ1) is 16.4. The Kier molecular flexibility index (Phi) is 5.48. The molecule has 0 saturated carbocycles. The molecule has 1 aromatic heterocycles. The maximum atomic E-state index is 5.56. The highest BCUT2D eigenvalue weighted by Gasteiger charge is 2.08. The highest BCUT2D eigenvalue weighted by Crippen LogP contribution is 2.19. The van der Waals surface area contributed by atoms with Crippen LogP contribution in [0.15, 0.2) is 34.9 Å². The first-order valence-electron chi connectivity index (χ1n) is 6.30. The first-order chi connectivity index (χ1) is 8.98. The van der Waals surface area contributed by atoms with Crippen molar-refractivity contribution >= 4 is 18.5 Å². The van der Waals surface area contributed by atoms with Gasteiger partial charge in [0.15, 0.2) is 0 Å². The van der Waals surface area contributed by atoms with E-state index in [-0.39, 0.29) is 17.8 Å². The van der Waals surface area contributed by atoms with Gasteiger partial charge in [0.1, 0.15) is 0 Å². The summed E-state index contributed by atoms with van der Waals surface area (Å²) in [6, 6.07) is 7.83. The van der Waals surface area contributed by atoms with E-state index in [1.807, 2.05) is 36.4 Å². The summed E-state index contributed by atoms with van der Waals surface area (Å²) in [5.41, 5.74) is 7.67. The molecular formula is C15H20ClN3O. The second kappa shape index (κ2) is 6.68. The molecule has 2 N–H and O–H groups in total. The number of allylic oxidation sites excluding steroid dienone is 1. The van der Waals surface area contributed by atoms with Gasteiger partial charge in [-0.25, -0.2) is 0 Å². The van der Waals surface area contributed by atoms with Gasteiger partial charge in [0.05, 0.1) is 0 Å². The predicted molar refractivity (Wildman–Crippen MR) is 83.4 cm³/mol. The minimum absolute atomic E-state index is 0. The van der Waals surface area contributed by atoms with E-state index in [0.29, 0.717) is 18.3 Å². The summed E-state index contributed by atoms with van der Waals surface area (Å²) in [4.78, 5) is 4.34. The van der Waals surface area contributed by atoms with Crippen LogP contribution >= 0.6 is 12.4 Å². The molecule has 0 unspecified atom stereocenters. The highest BCUT2D eigenvalue weighted by molar-refractivity contribution is 5.85. The summed E-state index contributed by atoms with van der Waals surface area (Å²) in [5.74, 6) is 1.12. The van der Waals surface area contributed by atoms with E-state index in [2.05, 4.69) is 30.9 Å². The van der Waals surface area contributed by atoms with Crippen molar-refractivity contribution in [3.63, 3.8) is 0 Å². The van der Waals surface area contributed by atoms with E-state index in [4.69, 9.17) is 10.3 Å². The first-order valence-corrected chi connectivity index (χ1v) is 6.30. The zero-order valence-corrected chi connectivity index (χ0v) is 12.8. The zero-order chi connectivity index (χ0) is 13.9. The molecule has 0 aliphatic carbocycles. The Labute approximate surface area is 125 Å². The molecule has 0 amide bonds. The number of nitrogens with two attached hydrogens (primary N) is 1. The minimum atomic E-state index is 0. The van der Waals surface area contributed by atoms with E-state index < -0.39 is 0 Å². The fourth-order valence-electron chi connectivity index (χ4n) is 1.53. The Morgan fingerprint density at radius 3 is 2.40 bits per heavy atom. The molecule has 2 aromatic rings. The van der Waals surface area contributed by atoms with Crippen LogP contribution in [-0.4, -0.2) is 10.1 Å². The third-order valence-corrected chi connectivity index (χ3v) is 2.62. The van der Waals surface area contributed by atoms with E-state index in [0.717, 1.165) is 11.1 Å². The lowest BCUT2D eigenvalue weighted by Crippen LogP contribution is -1.97. The average Bonchev–Trinajstić information content (AvgIpc) is 2.84. The van der Waals surface area contributed by atoms with Gasteiger partial charge in [0.25, 0.3) is 5.89 Å². The summed E-state index contributed by atoms with van der Waals surface area (Å²) >= 11 is 0. The fourth-order valence-corrected chi connectivity index (χ4v) is 1.53. The molecule has 0 spiro atoms. The molecule has 0 saturated heterocycles. The van der Waals surface area contributed by atoms with Gasteiger partial charge < -0.3 is 10.3 Å². The lowest BCUT2D eigenvalue weighted by Gasteiger charge is -2.09. The average molecular weight is 294 g/mol. The molecular weight excluding hydrogens is 274 g/mol. The molecule has 20 heavy (non-hydrogen) atoms.